The highest BCUT2D eigenvalue weighted by Gasteiger charge is 2.33. The van der Waals surface area contributed by atoms with E-state index in [4.69, 9.17) is 12.2 Å². The number of hydrogen-bond donors (Lipinski definition) is 1. The fourth-order valence-corrected chi connectivity index (χ4v) is 3.45. The van der Waals surface area contributed by atoms with Gasteiger partial charge in [0.05, 0.1) is 9.83 Å². The van der Waals surface area contributed by atoms with Gasteiger partial charge in [-0.05, 0) is 29.9 Å². The van der Waals surface area contributed by atoms with Crippen molar-refractivity contribution in [3.8, 4) is 0 Å². The average molecular weight is 411 g/mol. The summed E-state index contributed by atoms with van der Waals surface area (Å²) in [5, 5.41) is 11.8. The number of thioether (sulfide) groups is 1. The fraction of sp³-hybridized carbons (Fsp3) is 0. The second kappa shape index (κ2) is 8.59. The minimum atomic E-state index is -0.666. The van der Waals surface area contributed by atoms with Gasteiger partial charge in [0.25, 0.3) is 17.5 Å². The van der Waals surface area contributed by atoms with Gasteiger partial charge < -0.3 is 0 Å². The van der Waals surface area contributed by atoms with E-state index in [0.29, 0.717) is 4.91 Å². The molecule has 1 aliphatic rings. The molecule has 1 fully saturated rings. The summed E-state index contributed by atoms with van der Waals surface area (Å²) in [6, 6.07) is 14.8. The maximum atomic E-state index is 12.5. The van der Waals surface area contributed by atoms with Crippen LogP contribution in [0.5, 0.6) is 0 Å². The summed E-state index contributed by atoms with van der Waals surface area (Å²) in [4.78, 5) is 35.4. The van der Waals surface area contributed by atoms with E-state index >= 15 is 0 Å². The van der Waals surface area contributed by atoms with Gasteiger partial charge in [0.2, 0.25) is 0 Å². The smallest absolute Gasteiger partial charge is 0.267 e. The van der Waals surface area contributed by atoms with Gasteiger partial charge in [-0.1, -0.05) is 60.3 Å². The van der Waals surface area contributed by atoms with Crippen molar-refractivity contribution in [2.24, 2.45) is 0 Å². The molecule has 0 spiro atoms. The number of hydrogen-bond acceptors (Lipinski definition) is 6. The predicted molar refractivity (Wildman–Crippen MR) is 111 cm³/mol. The summed E-state index contributed by atoms with van der Waals surface area (Å²) in [6.07, 6.45) is 5.18. The molecule has 2 aromatic rings. The van der Waals surface area contributed by atoms with Gasteiger partial charge in [0, 0.05) is 17.7 Å². The van der Waals surface area contributed by atoms with Gasteiger partial charge >= 0.3 is 0 Å². The molecule has 140 valence electrons. The van der Waals surface area contributed by atoms with Crippen LogP contribution in [0.4, 0.5) is 5.69 Å². The Bertz CT molecular complexity index is 1020. The Morgan fingerprint density at radius 3 is 2.64 bits per heavy atom. The van der Waals surface area contributed by atoms with Gasteiger partial charge in [0.15, 0.2) is 4.32 Å². The third-order valence-electron chi connectivity index (χ3n) is 3.66. The summed E-state index contributed by atoms with van der Waals surface area (Å²) >= 11 is 6.21. The number of nitrogens with zero attached hydrogens (tertiary/aromatic N) is 2. The van der Waals surface area contributed by atoms with E-state index in [2.05, 4.69) is 5.43 Å². The van der Waals surface area contributed by atoms with Crippen LogP contribution in [0.25, 0.3) is 6.08 Å². The van der Waals surface area contributed by atoms with Crippen molar-refractivity contribution in [1.29, 1.82) is 0 Å². The number of amides is 2. The normalized spacial score (nSPS) is 15.4. The first-order valence-electron chi connectivity index (χ1n) is 8.01. The highest BCUT2D eigenvalue weighted by Crippen LogP contribution is 2.30. The number of thiocarbonyl (C=S) groups is 1. The summed E-state index contributed by atoms with van der Waals surface area (Å²) in [5.74, 6) is -1.13. The van der Waals surface area contributed by atoms with Gasteiger partial charge in [0.1, 0.15) is 0 Å². The Morgan fingerprint density at radius 2 is 1.93 bits per heavy atom. The summed E-state index contributed by atoms with van der Waals surface area (Å²) in [6.45, 7) is 0. The highest BCUT2D eigenvalue weighted by atomic mass is 32.2. The zero-order valence-corrected chi connectivity index (χ0v) is 15.9. The number of carbonyl (C=O) groups excluding carboxylic acids is 2. The number of nitrogens with one attached hydrogen (secondary N) is 1. The van der Waals surface area contributed by atoms with Crippen LogP contribution in [0.1, 0.15) is 15.9 Å². The summed E-state index contributed by atoms with van der Waals surface area (Å²) < 4.78 is 0.170. The maximum Gasteiger partial charge on any atom is 0.285 e. The SMILES string of the molecule is O=C(NN1C(=O)/C(=C\C=C/c2ccccc2)SC1=S)c1cccc([N+](=O)[O-])c1. The van der Waals surface area contributed by atoms with Crippen molar-refractivity contribution < 1.29 is 14.5 Å². The van der Waals surface area contributed by atoms with Crippen LogP contribution in [0.3, 0.4) is 0 Å². The Hall–Kier alpha value is -3.30. The van der Waals surface area contributed by atoms with Crippen LogP contribution in [0, 0.1) is 10.1 Å². The van der Waals surface area contributed by atoms with Crippen LogP contribution in [0.15, 0.2) is 71.7 Å². The topological polar surface area (TPSA) is 92.6 Å². The molecular weight excluding hydrogens is 398 g/mol. The number of non-ortho nitro benzene ring substituents is 1. The number of nitro groups is 1. The lowest BCUT2D eigenvalue weighted by atomic mass is 10.2. The molecule has 0 bridgehead atoms. The quantitative estimate of drug-likeness (QED) is 0.349. The molecule has 2 aromatic carbocycles. The van der Waals surface area contributed by atoms with E-state index in [9.17, 15) is 19.7 Å². The van der Waals surface area contributed by atoms with Crippen LogP contribution >= 0.6 is 24.0 Å². The third-order valence-corrected chi connectivity index (χ3v) is 4.98. The van der Waals surface area contributed by atoms with Crippen molar-refractivity contribution >= 4 is 51.9 Å². The predicted octanol–water partition coefficient (Wildman–Crippen LogP) is 3.70. The van der Waals surface area contributed by atoms with E-state index in [1.807, 2.05) is 36.4 Å². The molecular formula is C19H13N3O4S2. The van der Waals surface area contributed by atoms with Gasteiger partial charge in [-0.25, -0.2) is 0 Å². The number of benzene rings is 2. The molecule has 0 radical (unpaired) electrons. The first-order valence-corrected chi connectivity index (χ1v) is 9.23. The molecule has 0 atom stereocenters. The number of carbonyl (C=O) groups is 2. The van der Waals surface area contributed by atoms with Crippen molar-refractivity contribution in [3.63, 3.8) is 0 Å². The molecule has 28 heavy (non-hydrogen) atoms. The Labute approximate surface area is 169 Å². The van der Waals surface area contributed by atoms with Crippen LogP contribution in [0.2, 0.25) is 0 Å². The van der Waals surface area contributed by atoms with E-state index in [-0.39, 0.29) is 15.6 Å². The Kier molecular flexibility index (Phi) is 5.97. The standard InChI is InChI=1S/C19H13N3O4S2/c23-17(14-9-5-10-15(12-14)22(25)26)20-21-18(24)16(28-19(21)27)11-4-8-13-6-2-1-3-7-13/h1-12H,(H,20,23)/b8-4-,16-11+. The van der Waals surface area contributed by atoms with E-state index in [1.54, 1.807) is 12.2 Å². The second-order valence-electron chi connectivity index (χ2n) is 5.56. The zero-order chi connectivity index (χ0) is 20.1. The van der Waals surface area contributed by atoms with Gasteiger partial charge in [-0.2, -0.15) is 5.01 Å². The zero-order valence-electron chi connectivity index (χ0n) is 14.3. The van der Waals surface area contributed by atoms with E-state index in [1.165, 1.54) is 18.2 Å². The molecule has 1 saturated heterocycles. The molecule has 2 amide bonds. The minimum Gasteiger partial charge on any atom is -0.267 e. The fourth-order valence-electron chi connectivity index (χ4n) is 2.32. The van der Waals surface area contributed by atoms with Crippen molar-refractivity contribution in [2.75, 3.05) is 0 Å². The number of nitro benzene ring substituents is 1. The lowest BCUT2D eigenvalue weighted by molar-refractivity contribution is -0.384. The Balaban J connectivity index is 1.70. The molecule has 1 aliphatic heterocycles. The number of rotatable bonds is 5. The lowest BCUT2D eigenvalue weighted by Crippen LogP contribution is -2.44. The van der Waals surface area contributed by atoms with E-state index in [0.717, 1.165) is 28.4 Å². The minimum absolute atomic E-state index is 0.0520. The number of hydrazine groups is 1. The number of allylic oxidation sites excluding steroid dienone is 2. The lowest BCUT2D eigenvalue weighted by Gasteiger charge is -2.15. The van der Waals surface area contributed by atoms with Crippen molar-refractivity contribution in [1.82, 2.24) is 10.4 Å². The van der Waals surface area contributed by atoms with Crippen LogP contribution in [-0.4, -0.2) is 26.1 Å². The van der Waals surface area contributed by atoms with E-state index < -0.39 is 16.7 Å². The molecule has 9 heteroatoms. The molecule has 7 nitrogen and oxygen atoms in total. The third kappa shape index (κ3) is 4.51. The largest absolute Gasteiger partial charge is 0.285 e. The van der Waals surface area contributed by atoms with Crippen molar-refractivity contribution in [2.45, 2.75) is 0 Å². The van der Waals surface area contributed by atoms with Crippen LogP contribution < -0.4 is 5.43 Å². The Morgan fingerprint density at radius 1 is 1.18 bits per heavy atom. The summed E-state index contributed by atoms with van der Waals surface area (Å²) in [7, 11) is 0. The maximum absolute atomic E-state index is 12.5. The molecule has 0 aliphatic carbocycles. The van der Waals surface area contributed by atoms with Gasteiger partial charge in [-0.3, -0.25) is 25.1 Å². The molecule has 0 unspecified atom stereocenters. The van der Waals surface area contributed by atoms with Crippen molar-refractivity contribution in [3.05, 3.63) is 92.9 Å². The molecule has 1 N–H and O–H groups in total. The highest BCUT2D eigenvalue weighted by molar-refractivity contribution is 8.26. The molecule has 0 saturated carbocycles. The van der Waals surface area contributed by atoms with Gasteiger partial charge in [-0.15, -0.1) is 0 Å². The average Bonchev–Trinajstić information content (AvgIpc) is 2.96. The second-order valence-corrected chi connectivity index (χ2v) is 7.23. The summed E-state index contributed by atoms with van der Waals surface area (Å²) in [5.41, 5.74) is 3.21. The monoisotopic (exact) mass is 411 g/mol. The molecule has 3 rings (SSSR count). The first-order chi connectivity index (χ1) is 13.5. The first kappa shape index (κ1) is 19.5. The van der Waals surface area contributed by atoms with Crippen LogP contribution in [-0.2, 0) is 4.79 Å². The molecule has 0 aromatic heterocycles. The molecule has 1 heterocycles.